The number of nitrogens with zero attached hydrogens (tertiary/aromatic N) is 1. The molecule has 2 aromatic carbocycles. The number of amides is 2. The first-order valence-corrected chi connectivity index (χ1v) is 13.0. The molecule has 1 N–H and O–H groups in total. The summed E-state index contributed by atoms with van der Waals surface area (Å²) in [6, 6.07) is 17.4. The number of likely N-dealkylation sites (tertiary alicyclic amines) is 1. The molecule has 0 aromatic heterocycles. The normalized spacial score (nSPS) is 20.5. The molecule has 0 radical (unpaired) electrons. The summed E-state index contributed by atoms with van der Waals surface area (Å²) >= 11 is 0. The van der Waals surface area contributed by atoms with E-state index in [0.717, 1.165) is 68.6 Å². The standard InChI is InChI=1S/C29H38N2O3/c1-3-21(2)28(32)30-27(22-12-6-4-7-13-22)29(33)31-19-11-18-26(31)23-14-10-17-25(20-23)34-24-15-8-5-9-16-24/h5,8-10,14-17,20-22,26-27H,3-4,6-7,11-13,18-19H2,1-2H3,(H,30,32)/t21-,26+,27+/m1/s1. The van der Waals surface area contributed by atoms with Gasteiger partial charge in [-0.15, -0.1) is 0 Å². The van der Waals surface area contributed by atoms with Crippen LogP contribution in [0.5, 0.6) is 11.5 Å². The van der Waals surface area contributed by atoms with Gasteiger partial charge >= 0.3 is 0 Å². The molecule has 2 aromatic rings. The van der Waals surface area contributed by atoms with Crippen molar-refractivity contribution in [3.05, 3.63) is 60.2 Å². The summed E-state index contributed by atoms with van der Waals surface area (Å²) in [5.41, 5.74) is 1.09. The van der Waals surface area contributed by atoms with E-state index in [0.29, 0.717) is 0 Å². The average molecular weight is 463 g/mol. The minimum Gasteiger partial charge on any atom is -0.457 e. The van der Waals surface area contributed by atoms with Crippen LogP contribution < -0.4 is 10.1 Å². The quantitative estimate of drug-likeness (QED) is 0.504. The van der Waals surface area contributed by atoms with Crippen LogP contribution in [0.2, 0.25) is 0 Å². The summed E-state index contributed by atoms with van der Waals surface area (Å²) in [6.45, 7) is 4.69. The Morgan fingerprint density at radius 3 is 2.44 bits per heavy atom. The molecular formula is C29H38N2O3. The van der Waals surface area contributed by atoms with Crippen LogP contribution >= 0.6 is 0 Å². The molecule has 1 saturated heterocycles. The molecule has 1 aliphatic carbocycles. The third-order valence-electron chi connectivity index (χ3n) is 7.50. The third kappa shape index (κ3) is 5.81. The van der Waals surface area contributed by atoms with Crippen molar-refractivity contribution in [2.75, 3.05) is 6.54 Å². The molecular weight excluding hydrogens is 424 g/mol. The molecule has 3 atom stereocenters. The maximum absolute atomic E-state index is 13.9. The van der Waals surface area contributed by atoms with Crippen molar-refractivity contribution in [1.29, 1.82) is 0 Å². The predicted molar refractivity (Wildman–Crippen MR) is 135 cm³/mol. The van der Waals surface area contributed by atoms with E-state index >= 15 is 0 Å². The number of ether oxygens (including phenoxy) is 1. The first kappa shape index (κ1) is 24.3. The number of carbonyl (C=O) groups excluding carboxylic acids is 2. The zero-order valence-corrected chi connectivity index (χ0v) is 20.5. The lowest BCUT2D eigenvalue weighted by molar-refractivity contribution is -0.140. The monoisotopic (exact) mass is 462 g/mol. The number of rotatable bonds is 8. The third-order valence-corrected chi connectivity index (χ3v) is 7.50. The van der Waals surface area contributed by atoms with Gasteiger partial charge < -0.3 is 15.0 Å². The Bertz CT molecular complexity index is 955. The first-order chi connectivity index (χ1) is 16.6. The summed E-state index contributed by atoms with van der Waals surface area (Å²) in [6.07, 6.45) is 8.18. The Hall–Kier alpha value is -2.82. The Kier molecular flexibility index (Phi) is 8.25. The number of benzene rings is 2. The van der Waals surface area contributed by atoms with E-state index in [1.165, 1.54) is 6.42 Å². The topological polar surface area (TPSA) is 58.6 Å². The summed E-state index contributed by atoms with van der Waals surface area (Å²) < 4.78 is 6.05. The lowest BCUT2D eigenvalue weighted by atomic mass is 9.83. The van der Waals surface area contributed by atoms with E-state index in [-0.39, 0.29) is 29.7 Å². The van der Waals surface area contributed by atoms with Gasteiger partial charge in [-0.1, -0.05) is 63.4 Å². The fourth-order valence-corrected chi connectivity index (χ4v) is 5.30. The Labute approximate surface area is 203 Å². The number of hydrogen-bond acceptors (Lipinski definition) is 3. The van der Waals surface area contributed by atoms with Gasteiger partial charge in [0.05, 0.1) is 6.04 Å². The Morgan fingerprint density at radius 2 is 1.71 bits per heavy atom. The van der Waals surface area contributed by atoms with Crippen LogP contribution in [-0.4, -0.2) is 29.3 Å². The summed E-state index contributed by atoms with van der Waals surface area (Å²) in [5.74, 6) is 1.80. The van der Waals surface area contributed by atoms with E-state index < -0.39 is 6.04 Å². The largest absolute Gasteiger partial charge is 0.457 e. The van der Waals surface area contributed by atoms with Crippen LogP contribution in [0.4, 0.5) is 0 Å². The number of hydrogen-bond donors (Lipinski definition) is 1. The molecule has 34 heavy (non-hydrogen) atoms. The van der Waals surface area contributed by atoms with Crippen LogP contribution in [0.15, 0.2) is 54.6 Å². The minimum atomic E-state index is -0.425. The lowest BCUT2D eigenvalue weighted by Crippen LogP contribution is -2.53. The highest BCUT2D eigenvalue weighted by Gasteiger charge is 2.39. The molecule has 2 aliphatic rings. The molecule has 182 valence electrons. The molecule has 2 amide bonds. The second kappa shape index (κ2) is 11.5. The summed E-state index contributed by atoms with van der Waals surface area (Å²) in [4.78, 5) is 28.8. The van der Waals surface area contributed by atoms with Crippen molar-refractivity contribution in [2.24, 2.45) is 11.8 Å². The molecule has 1 heterocycles. The van der Waals surface area contributed by atoms with Crippen molar-refractivity contribution in [3.8, 4) is 11.5 Å². The maximum atomic E-state index is 13.9. The first-order valence-electron chi connectivity index (χ1n) is 13.0. The second-order valence-electron chi connectivity index (χ2n) is 9.87. The predicted octanol–water partition coefficient (Wildman–Crippen LogP) is 6.25. The van der Waals surface area contributed by atoms with Gasteiger partial charge in [-0.3, -0.25) is 9.59 Å². The summed E-state index contributed by atoms with van der Waals surface area (Å²) in [7, 11) is 0. The highest BCUT2D eigenvalue weighted by Crippen LogP contribution is 2.36. The lowest BCUT2D eigenvalue weighted by Gasteiger charge is -2.35. The zero-order valence-electron chi connectivity index (χ0n) is 20.5. The number of nitrogens with one attached hydrogen (secondary N) is 1. The van der Waals surface area contributed by atoms with Crippen LogP contribution in [-0.2, 0) is 9.59 Å². The van der Waals surface area contributed by atoms with E-state index in [9.17, 15) is 9.59 Å². The Morgan fingerprint density at radius 1 is 0.971 bits per heavy atom. The number of para-hydroxylation sites is 1. The van der Waals surface area contributed by atoms with Gasteiger partial charge in [0.15, 0.2) is 0 Å². The van der Waals surface area contributed by atoms with Crippen molar-refractivity contribution in [1.82, 2.24) is 10.2 Å². The molecule has 5 heteroatoms. The van der Waals surface area contributed by atoms with E-state index in [4.69, 9.17) is 4.74 Å². The van der Waals surface area contributed by atoms with Gasteiger partial charge in [-0.2, -0.15) is 0 Å². The van der Waals surface area contributed by atoms with Gasteiger partial charge in [0, 0.05) is 12.5 Å². The molecule has 1 aliphatic heterocycles. The minimum absolute atomic E-state index is 0.000397. The fraction of sp³-hybridized carbons (Fsp3) is 0.517. The fourth-order valence-electron chi connectivity index (χ4n) is 5.30. The van der Waals surface area contributed by atoms with Gasteiger partial charge in [0.25, 0.3) is 0 Å². The van der Waals surface area contributed by atoms with Gasteiger partial charge in [0.2, 0.25) is 11.8 Å². The molecule has 5 nitrogen and oxygen atoms in total. The van der Waals surface area contributed by atoms with Gasteiger partial charge in [-0.25, -0.2) is 0 Å². The van der Waals surface area contributed by atoms with Crippen molar-refractivity contribution in [2.45, 2.75) is 77.3 Å². The number of carbonyl (C=O) groups is 2. The Balaban J connectivity index is 1.53. The molecule has 0 spiro atoms. The molecule has 1 saturated carbocycles. The second-order valence-corrected chi connectivity index (χ2v) is 9.87. The van der Waals surface area contributed by atoms with Gasteiger partial charge in [-0.05, 0) is 67.9 Å². The van der Waals surface area contributed by atoms with Gasteiger partial charge in [0.1, 0.15) is 17.5 Å². The molecule has 0 unspecified atom stereocenters. The van der Waals surface area contributed by atoms with E-state index in [1.807, 2.05) is 61.2 Å². The zero-order chi connectivity index (χ0) is 23.9. The van der Waals surface area contributed by atoms with Crippen LogP contribution in [0.3, 0.4) is 0 Å². The molecule has 2 fully saturated rings. The molecule has 0 bridgehead atoms. The van der Waals surface area contributed by atoms with Crippen molar-refractivity contribution < 1.29 is 14.3 Å². The van der Waals surface area contributed by atoms with Crippen LogP contribution in [0.1, 0.15) is 76.8 Å². The van der Waals surface area contributed by atoms with Crippen molar-refractivity contribution in [3.63, 3.8) is 0 Å². The van der Waals surface area contributed by atoms with E-state index in [2.05, 4.69) is 17.4 Å². The highest BCUT2D eigenvalue weighted by atomic mass is 16.5. The smallest absolute Gasteiger partial charge is 0.245 e. The maximum Gasteiger partial charge on any atom is 0.245 e. The van der Waals surface area contributed by atoms with E-state index in [1.54, 1.807) is 0 Å². The molecule has 4 rings (SSSR count). The SMILES string of the molecule is CC[C@@H](C)C(=O)N[C@H](C(=O)N1CCC[C@H]1c1cccc(Oc2ccccc2)c1)C1CCCCC1. The van der Waals surface area contributed by atoms with Crippen LogP contribution in [0.25, 0.3) is 0 Å². The van der Waals surface area contributed by atoms with Crippen LogP contribution in [0, 0.1) is 11.8 Å². The summed E-state index contributed by atoms with van der Waals surface area (Å²) in [5, 5.41) is 3.18. The average Bonchev–Trinajstić information content (AvgIpc) is 3.38. The van der Waals surface area contributed by atoms with Crippen molar-refractivity contribution >= 4 is 11.8 Å². The highest BCUT2D eigenvalue weighted by molar-refractivity contribution is 5.89.